The summed E-state index contributed by atoms with van der Waals surface area (Å²) < 4.78 is 16.2. The lowest BCUT2D eigenvalue weighted by Gasteiger charge is -2.27. The average Bonchev–Trinajstić information content (AvgIpc) is 3.27. The summed E-state index contributed by atoms with van der Waals surface area (Å²) in [5.74, 6) is 2.79. The molecule has 0 amide bonds. The monoisotopic (exact) mass is 416 g/mol. The lowest BCUT2D eigenvalue weighted by molar-refractivity contribution is 0.122. The van der Waals surface area contributed by atoms with Crippen molar-refractivity contribution in [1.29, 1.82) is 0 Å². The molecule has 3 heterocycles. The number of hydrogen-bond donors (Lipinski definition) is 2. The summed E-state index contributed by atoms with van der Waals surface area (Å²) in [6.07, 6.45) is 1.63. The summed E-state index contributed by atoms with van der Waals surface area (Å²) in [7, 11) is 1.59. The van der Waals surface area contributed by atoms with Gasteiger partial charge in [-0.2, -0.15) is 15.0 Å². The maximum atomic E-state index is 6.14. The second-order valence-electron chi connectivity index (χ2n) is 6.28. The van der Waals surface area contributed by atoms with Crippen LogP contribution in [0.5, 0.6) is 5.75 Å². The number of morpholine rings is 1. The number of hydrogen-bond acceptors (Lipinski definition) is 9. The van der Waals surface area contributed by atoms with Crippen molar-refractivity contribution in [2.75, 3.05) is 48.9 Å². The van der Waals surface area contributed by atoms with E-state index in [0.29, 0.717) is 67.2 Å². The van der Waals surface area contributed by atoms with Crippen LogP contribution in [0, 0.1) is 0 Å². The number of rotatable bonds is 7. The molecule has 0 spiro atoms. The summed E-state index contributed by atoms with van der Waals surface area (Å²) in [4.78, 5) is 15.7. The molecule has 1 fully saturated rings. The zero-order valence-corrected chi connectivity index (χ0v) is 16.6. The molecule has 2 N–H and O–H groups in total. The zero-order valence-electron chi connectivity index (χ0n) is 15.9. The summed E-state index contributed by atoms with van der Waals surface area (Å²) in [5, 5.41) is 6.94. The van der Waals surface area contributed by atoms with Crippen molar-refractivity contribution in [2.45, 2.75) is 6.54 Å². The Balaban J connectivity index is 1.62. The van der Waals surface area contributed by atoms with E-state index < -0.39 is 0 Å². The molecule has 0 unspecified atom stereocenters. The van der Waals surface area contributed by atoms with Crippen LogP contribution >= 0.6 is 11.6 Å². The molecule has 1 aliphatic heterocycles. The van der Waals surface area contributed by atoms with Crippen LogP contribution in [0.3, 0.4) is 0 Å². The molecule has 1 aliphatic rings. The van der Waals surface area contributed by atoms with Crippen molar-refractivity contribution in [3.63, 3.8) is 0 Å². The Labute approximate surface area is 173 Å². The van der Waals surface area contributed by atoms with Gasteiger partial charge in [0.1, 0.15) is 11.5 Å². The number of aromatic nitrogens is 3. The number of anilines is 4. The standard InChI is InChI=1S/C19H21ClN6O3/c1-27-16-5-4-13(20)11-15(16)22-18-23-17(21-12-14-3-2-8-29-14)24-19(25-18)26-6-9-28-10-7-26/h2-5,8,11H,6-7,9-10,12H2,1H3,(H2,21,22,23,24,25). The fraction of sp³-hybridized carbons (Fsp3) is 0.316. The second kappa shape index (κ2) is 8.97. The van der Waals surface area contributed by atoms with Crippen molar-refractivity contribution in [3.05, 3.63) is 47.4 Å². The van der Waals surface area contributed by atoms with Crippen LogP contribution in [0.4, 0.5) is 23.5 Å². The smallest absolute Gasteiger partial charge is 0.233 e. The Hall–Kier alpha value is -3.04. The third-order valence-electron chi connectivity index (χ3n) is 4.33. The second-order valence-corrected chi connectivity index (χ2v) is 6.72. The number of halogens is 1. The van der Waals surface area contributed by atoms with Crippen LogP contribution < -0.4 is 20.3 Å². The first kappa shape index (κ1) is 19.3. The minimum absolute atomic E-state index is 0.379. The number of nitrogens with zero attached hydrogens (tertiary/aromatic N) is 4. The van der Waals surface area contributed by atoms with Crippen LogP contribution in [0.2, 0.25) is 5.02 Å². The van der Waals surface area contributed by atoms with Gasteiger partial charge in [0, 0.05) is 18.1 Å². The van der Waals surface area contributed by atoms with Crippen molar-refractivity contribution >= 4 is 35.1 Å². The molecule has 4 rings (SSSR count). The SMILES string of the molecule is COc1ccc(Cl)cc1Nc1nc(NCc2ccco2)nc(N2CCOCC2)n1. The van der Waals surface area contributed by atoms with Crippen LogP contribution in [0.15, 0.2) is 41.0 Å². The van der Waals surface area contributed by atoms with Gasteiger partial charge in [-0.3, -0.25) is 0 Å². The van der Waals surface area contributed by atoms with Gasteiger partial charge in [-0.15, -0.1) is 0 Å². The van der Waals surface area contributed by atoms with E-state index in [1.165, 1.54) is 0 Å². The average molecular weight is 417 g/mol. The summed E-state index contributed by atoms with van der Waals surface area (Å²) >= 11 is 6.14. The van der Waals surface area contributed by atoms with Gasteiger partial charge in [-0.1, -0.05) is 11.6 Å². The van der Waals surface area contributed by atoms with Crippen LogP contribution in [-0.2, 0) is 11.3 Å². The zero-order chi connectivity index (χ0) is 20.1. The highest BCUT2D eigenvalue weighted by molar-refractivity contribution is 6.31. The third-order valence-corrected chi connectivity index (χ3v) is 4.56. The molecule has 1 saturated heterocycles. The van der Waals surface area contributed by atoms with E-state index >= 15 is 0 Å². The molecule has 0 atom stereocenters. The molecule has 0 radical (unpaired) electrons. The maximum absolute atomic E-state index is 6.14. The molecule has 0 aliphatic carbocycles. The van der Waals surface area contributed by atoms with Gasteiger partial charge in [-0.05, 0) is 30.3 Å². The van der Waals surface area contributed by atoms with Gasteiger partial charge in [0.25, 0.3) is 0 Å². The van der Waals surface area contributed by atoms with E-state index in [9.17, 15) is 0 Å². The normalized spacial score (nSPS) is 13.9. The Morgan fingerprint density at radius 3 is 2.72 bits per heavy atom. The van der Waals surface area contributed by atoms with Gasteiger partial charge >= 0.3 is 0 Å². The number of methoxy groups -OCH3 is 1. The molecular formula is C19H21ClN6O3. The number of benzene rings is 1. The quantitative estimate of drug-likeness (QED) is 0.600. The number of ether oxygens (including phenoxy) is 2. The predicted octanol–water partition coefficient (Wildman–Crippen LogP) is 3.32. The van der Waals surface area contributed by atoms with Crippen molar-refractivity contribution < 1.29 is 13.9 Å². The first-order valence-corrected chi connectivity index (χ1v) is 9.54. The number of nitrogens with one attached hydrogen (secondary N) is 2. The van der Waals surface area contributed by atoms with Crippen LogP contribution in [-0.4, -0.2) is 48.4 Å². The highest BCUT2D eigenvalue weighted by Gasteiger charge is 2.17. The first-order chi connectivity index (χ1) is 14.2. The summed E-state index contributed by atoms with van der Waals surface area (Å²) in [5.41, 5.74) is 0.663. The van der Waals surface area contributed by atoms with Gasteiger partial charge in [0.15, 0.2) is 0 Å². The van der Waals surface area contributed by atoms with Crippen molar-refractivity contribution in [2.24, 2.45) is 0 Å². The van der Waals surface area contributed by atoms with Gasteiger partial charge in [-0.25, -0.2) is 0 Å². The summed E-state index contributed by atoms with van der Waals surface area (Å²) in [6, 6.07) is 9.02. The topological polar surface area (TPSA) is 97.6 Å². The predicted molar refractivity (Wildman–Crippen MR) is 110 cm³/mol. The lowest BCUT2D eigenvalue weighted by Crippen LogP contribution is -2.37. The molecule has 9 nitrogen and oxygen atoms in total. The lowest BCUT2D eigenvalue weighted by atomic mass is 10.3. The Bertz CT molecular complexity index is 947. The molecule has 3 aromatic rings. The molecule has 152 valence electrons. The molecule has 0 bridgehead atoms. The van der Waals surface area contributed by atoms with E-state index in [0.717, 1.165) is 5.76 Å². The maximum Gasteiger partial charge on any atom is 0.233 e. The minimum Gasteiger partial charge on any atom is -0.495 e. The van der Waals surface area contributed by atoms with E-state index in [1.807, 2.05) is 12.1 Å². The van der Waals surface area contributed by atoms with Gasteiger partial charge in [0.2, 0.25) is 17.8 Å². The Kier molecular flexibility index (Phi) is 5.97. The molecule has 0 saturated carbocycles. The molecular weight excluding hydrogens is 396 g/mol. The highest BCUT2D eigenvalue weighted by atomic mass is 35.5. The van der Waals surface area contributed by atoms with Crippen LogP contribution in [0.25, 0.3) is 0 Å². The largest absolute Gasteiger partial charge is 0.495 e. The summed E-state index contributed by atoms with van der Waals surface area (Å²) in [6.45, 7) is 3.14. The van der Waals surface area contributed by atoms with Gasteiger partial charge in [0.05, 0.1) is 38.8 Å². The Morgan fingerprint density at radius 2 is 1.97 bits per heavy atom. The van der Waals surface area contributed by atoms with Crippen LogP contribution in [0.1, 0.15) is 5.76 Å². The molecule has 10 heteroatoms. The fourth-order valence-electron chi connectivity index (χ4n) is 2.88. The van der Waals surface area contributed by atoms with Crippen molar-refractivity contribution in [3.8, 4) is 5.75 Å². The van der Waals surface area contributed by atoms with Gasteiger partial charge < -0.3 is 29.4 Å². The number of furan rings is 1. The first-order valence-electron chi connectivity index (χ1n) is 9.17. The van der Waals surface area contributed by atoms with E-state index in [4.69, 9.17) is 25.5 Å². The van der Waals surface area contributed by atoms with E-state index in [1.54, 1.807) is 31.6 Å². The molecule has 29 heavy (non-hydrogen) atoms. The van der Waals surface area contributed by atoms with Crippen molar-refractivity contribution in [1.82, 2.24) is 15.0 Å². The Morgan fingerprint density at radius 1 is 1.14 bits per heavy atom. The third kappa shape index (κ3) is 4.87. The van der Waals surface area contributed by atoms with E-state index in [2.05, 4.69) is 30.5 Å². The highest BCUT2D eigenvalue weighted by Crippen LogP contribution is 2.30. The molecule has 1 aromatic carbocycles. The molecule has 2 aromatic heterocycles. The van der Waals surface area contributed by atoms with E-state index in [-0.39, 0.29) is 0 Å². The fourth-order valence-corrected chi connectivity index (χ4v) is 3.05. The minimum atomic E-state index is 0.379.